The normalized spacial score (nSPS) is 39.9. The minimum absolute atomic E-state index is 0.210. The van der Waals surface area contributed by atoms with Crippen molar-refractivity contribution in [1.82, 2.24) is 4.90 Å². The van der Waals surface area contributed by atoms with Crippen LogP contribution in [0.3, 0.4) is 0 Å². The van der Waals surface area contributed by atoms with E-state index in [9.17, 15) is 4.79 Å². The van der Waals surface area contributed by atoms with Gasteiger partial charge >= 0.3 is 0 Å². The number of nitrogens with two attached hydrogens (primary N) is 1. The maximum atomic E-state index is 12.7. The van der Waals surface area contributed by atoms with E-state index in [-0.39, 0.29) is 5.92 Å². The van der Waals surface area contributed by atoms with Crippen molar-refractivity contribution in [3.63, 3.8) is 0 Å². The molecule has 2 aliphatic carbocycles. The smallest absolute Gasteiger partial charge is 0.225 e. The van der Waals surface area contributed by atoms with Crippen LogP contribution in [0.5, 0.6) is 0 Å². The Hall–Kier alpha value is -0.570. The molecule has 0 aliphatic heterocycles. The van der Waals surface area contributed by atoms with E-state index in [1.165, 1.54) is 25.7 Å². The highest BCUT2D eigenvalue weighted by Crippen LogP contribution is 2.33. The van der Waals surface area contributed by atoms with Crippen molar-refractivity contribution >= 4 is 5.91 Å². The summed E-state index contributed by atoms with van der Waals surface area (Å²) >= 11 is 0. The molecule has 5 atom stereocenters. The third-order valence-corrected chi connectivity index (χ3v) is 5.33. The molecule has 1 amide bonds. The summed E-state index contributed by atoms with van der Waals surface area (Å²) in [6.07, 6.45) is 7.96. The summed E-state index contributed by atoms with van der Waals surface area (Å²) in [5.74, 6) is 1.80. The maximum Gasteiger partial charge on any atom is 0.225 e. The van der Waals surface area contributed by atoms with E-state index in [1.807, 2.05) is 7.05 Å². The Morgan fingerprint density at radius 3 is 2.47 bits per heavy atom. The van der Waals surface area contributed by atoms with Crippen molar-refractivity contribution in [3.05, 3.63) is 0 Å². The van der Waals surface area contributed by atoms with Crippen LogP contribution in [-0.2, 0) is 4.79 Å². The van der Waals surface area contributed by atoms with Crippen LogP contribution in [0.15, 0.2) is 0 Å². The lowest BCUT2D eigenvalue weighted by atomic mass is 9.77. The van der Waals surface area contributed by atoms with Crippen LogP contribution in [0.25, 0.3) is 0 Å². The van der Waals surface area contributed by atoms with Crippen LogP contribution >= 0.6 is 0 Å². The van der Waals surface area contributed by atoms with Crippen LogP contribution in [0.2, 0.25) is 0 Å². The Kier molecular flexibility index (Phi) is 4.88. The number of hydrogen-bond acceptors (Lipinski definition) is 2. The summed E-state index contributed by atoms with van der Waals surface area (Å²) in [5.41, 5.74) is 6.00. The molecular weight excluding hydrogens is 236 g/mol. The average Bonchev–Trinajstić information content (AvgIpc) is 2.37. The fraction of sp³-hybridized carbons (Fsp3) is 0.938. The summed E-state index contributed by atoms with van der Waals surface area (Å²) in [4.78, 5) is 14.8. The number of nitrogens with zero attached hydrogens (tertiary/aromatic N) is 1. The molecule has 3 heteroatoms. The van der Waals surface area contributed by atoms with Gasteiger partial charge in [0.1, 0.15) is 0 Å². The molecule has 19 heavy (non-hydrogen) atoms. The highest BCUT2D eigenvalue weighted by atomic mass is 16.2. The molecule has 0 radical (unpaired) electrons. The van der Waals surface area contributed by atoms with Crippen molar-refractivity contribution in [1.29, 1.82) is 0 Å². The lowest BCUT2D eigenvalue weighted by Gasteiger charge is -2.39. The first-order valence-electron chi connectivity index (χ1n) is 8.01. The molecular formula is C16H30N2O. The van der Waals surface area contributed by atoms with Gasteiger partial charge in [-0.1, -0.05) is 26.7 Å². The van der Waals surface area contributed by atoms with Gasteiger partial charge in [0.15, 0.2) is 0 Å². The fourth-order valence-electron chi connectivity index (χ4n) is 4.00. The van der Waals surface area contributed by atoms with Crippen LogP contribution in [-0.4, -0.2) is 29.9 Å². The van der Waals surface area contributed by atoms with Crippen molar-refractivity contribution in [2.45, 2.75) is 70.9 Å². The third kappa shape index (κ3) is 3.50. The molecule has 2 aliphatic rings. The van der Waals surface area contributed by atoms with Crippen LogP contribution in [0.4, 0.5) is 0 Å². The first-order chi connectivity index (χ1) is 8.99. The van der Waals surface area contributed by atoms with Gasteiger partial charge in [0.05, 0.1) is 0 Å². The molecule has 2 N–H and O–H groups in total. The highest BCUT2D eigenvalue weighted by molar-refractivity contribution is 5.79. The van der Waals surface area contributed by atoms with Crippen LogP contribution in [0, 0.1) is 17.8 Å². The first kappa shape index (κ1) is 14.8. The van der Waals surface area contributed by atoms with Crippen molar-refractivity contribution in [2.24, 2.45) is 23.5 Å². The quantitative estimate of drug-likeness (QED) is 0.835. The van der Waals surface area contributed by atoms with E-state index in [4.69, 9.17) is 5.73 Å². The minimum Gasteiger partial charge on any atom is -0.343 e. The molecule has 0 aromatic rings. The number of amides is 1. The second kappa shape index (κ2) is 6.25. The monoisotopic (exact) mass is 266 g/mol. The molecule has 2 fully saturated rings. The molecule has 3 nitrogen and oxygen atoms in total. The second-order valence-corrected chi connectivity index (χ2v) is 7.03. The average molecular weight is 266 g/mol. The number of hydrogen-bond donors (Lipinski definition) is 1. The largest absolute Gasteiger partial charge is 0.343 e. The molecule has 2 rings (SSSR count). The van der Waals surface area contributed by atoms with E-state index < -0.39 is 0 Å². The molecule has 0 aromatic heterocycles. The Morgan fingerprint density at radius 2 is 1.84 bits per heavy atom. The SMILES string of the molecule is CC1CCCC(N(C)C(=O)C2CCC(N)CC2C)C1. The van der Waals surface area contributed by atoms with Gasteiger partial charge in [-0.3, -0.25) is 4.79 Å². The van der Waals surface area contributed by atoms with Gasteiger partial charge in [0.25, 0.3) is 0 Å². The van der Waals surface area contributed by atoms with Crippen LogP contribution in [0.1, 0.15) is 58.8 Å². The molecule has 0 aromatic carbocycles. The fourth-order valence-corrected chi connectivity index (χ4v) is 4.00. The van der Waals surface area contributed by atoms with Gasteiger partial charge in [-0.25, -0.2) is 0 Å². The summed E-state index contributed by atoms with van der Waals surface area (Å²) in [6.45, 7) is 4.51. The summed E-state index contributed by atoms with van der Waals surface area (Å²) in [6, 6.07) is 0.776. The molecule has 110 valence electrons. The molecule has 0 bridgehead atoms. The Labute approximate surface area is 117 Å². The third-order valence-electron chi connectivity index (χ3n) is 5.33. The zero-order chi connectivity index (χ0) is 14.0. The minimum atomic E-state index is 0.210. The van der Waals surface area contributed by atoms with Crippen molar-refractivity contribution in [3.8, 4) is 0 Å². The van der Waals surface area contributed by atoms with Gasteiger partial charge in [-0.15, -0.1) is 0 Å². The summed E-state index contributed by atoms with van der Waals surface area (Å²) in [7, 11) is 2.02. The number of carbonyl (C=O) groups excluding carboxylic acids is 1. The molecule has 5 unspecified atom stereocenters. The topological polar surface area (TPSA) is 46.3 Å². The molecule has 0 spiro atoms. The Balaban J connectivity index is 1.94. The number of rotatable bonds is 2. The molecule has 0 saturated heterocycles. The predicted molar refractivity (Wildman–Crippen MR) is 78.7 cm³/mol. The maximum absolute atomic E-state index is 12.7. The zero-order valence-electron chi connectivity index (χ0n) is 12.8. The van der Waals surface area contributed by atoms with E-state index in [0.29, 0.717) is 23.9 Å². The highest BCUT2D eigenvalue weighted by Gasteiger charge is 2.35. The van der Waals surface area contributed by atoms with Gasteiger partial charge in [0.2, 0.25) is 5.91 Å². The van der Waals surface area contributed by atoms with Gasteiger partial charge < -0.3 is 10.6 Å². The predicted octanol–water partition coefficient (Wildman–Crippen LogP) is 2.79. The Bertz CT molecular complexity index is 318. The van der Waals surface area contributed by atoms with E-state index in [0.717, 1.165) is 25.2 Å². The lowest BCUT2D eigenvalue weighted by Crippen LogP contribution is -2.46. The van der Waals surface area contributed by atoms with E-state index >= 15 is 0 Å². The van der Waals surface area contributed by atoms with Crippen LogP contribution < -0.4 is 5.73 Å². The molecule has 2 saturated carbocycles. The zero-order valence-corrected chi connectivity index (χ0v) is 12.8. The summed E-state index contributed by atoms with van der Waals surface area (Å²) in [5, 5.41) is 0. The van der Waals surface area contributed by atoms with E-state index in [1.54, 1.807) is 0 Å². The standard InChI is InChI=1S/C16H30N2O/c1-11-5-4-6-14(9-11)18(3)16(19)15-8-7-13(17)10-12(15)2/h11-15H,4-10,17H2,1-3H3. The first-order valence-corrected chi connectivity index (χ1v) is 8.01. The number of carbonyl (C=O) groups is 1. The Morgan fingerprint density at radius 1 is 1.11 bits per heavy atom. The van der Waals surface area contributed by atoms with Gasteiger partial charge in [-0.05, 0) is 43.9 Å². The van der Waals surface area contributed by atoms with Crippen molar-refractivity contribution in [2.75, 3.05) is 7.05 Å². The van der Waals surface area contributed by atoms with Gasteiger partial charge in [-0.2, -0.15) is 0 Å². The molecule has 0 heterocycles. The second-order valence-electron chi connectivity index (χ2n) is 7.03. The van der Waals surface area contributed by atoms with Crippen molar-refractivity contribution < 1.29 is 4.79 Å². The lowest BCUT2D eigenvalue weighted by molar-refractivity contribution is -0.140. The summed E-state index contributed by atoms with van der Waals surface area (Å²) < 4.78 is 0. The van der Waals surface area contributed by atoms with Gasteiger partial charge in [0, 0.05) is 25.0 Å². The van der Waals surface area contributed by atoms with E-state index in [2.05, 4.69) is 18.7 Å².